The number of hydrogen-bond donors (Lipinski definition) is 1. The Morgan fingerprint density at radius 1 is 1.06 bits per heavy atom. The van der Waals surface area contributed by atoms with Crippen molar-refractivity contribution in [1.82, 2.24) is 4.98 Å². The number of para-hydroxylation sites is 1. The maximum atomic E-state index is 5.85. The number of fused-ring (bicyclic) bond motifs is 1. The molecule has 1 heterocycles. The lowest BCUT2D eigenvalue weighted by Crippen LogP contribution is -1.85. The lowest BCUT2D eigenvalue weighted by molar-refractivity contribution is 0.556. The number of anilines is 1. The van der Waals surface area contributed by atoms with Gasteiger partial charge in [0.15, 0.2) is 5.58 Å². The van der Waals surface area contributed by atoms with Gasteiger partial charge >= 0.3 is 0 Å². The largest absolute Gasteiger partial charge is 0.440 e. The van der Waals surface area contributed by atoms with E-state index in [0.717, 1.165) is 11.1 Å². The number of hydrogen-bond acceptors (Lipinski definition) is 4. The zero-order valence-electron chi connectivity index (χ0n) is 9.67. The summed E-state index contributed by atoms with van der Waals surface area (Å²) < 4.78 is 5.66. The Morgan fingerprint density at radius 3 is 2.67 bits per heavy atom. The molecule has 0 bridgehead atoms. The summed E-state index contributed by atoms with van der Waals surface area (Å²) in [7, 11) is 0. The van der Waals surface area contributed by atoms with E-state index in [4.69, 9.17) is 10.2 Å². The maximum absolute atomic E-state index is 5.85. The highest BCUT2D eigenvalue weighted by molar-refractivity contribution is 7.98. The molecule has 0 spiro atoms. The van der Waals surface area contributed by atoms with Gasteiger partial charge in [-0.05, 0) is 24.3 Å². The van der Waals surface area contributed by atoms with Crippen LogP contribution in [0.3, 0.4) is 0 Å². The smallest absolute Gasteiger partial charge is 0.205 e. The van der Waals surface area contributed by atoms with Crippen molar-refractivity contribution in [1.29, 1.82) is 0 Å². The van der Waals surface area contributed by atoms with Crippen molar-refractivity contribution in [2.24, 2.45) is 0 Å². The zero-order chi connectivity index (χ0) is 12.4. The lowest BCUT2D eigenvalue weighted by Gasteiger charge is -1.96. The van der Waals surface area contributed by atoms with E-state index in [-0.39, 0.29) is 0 Å². The fourth-order valence-corrected chi connectivity index (χ4v) is 2.50. The van der Waals surface area contributed by atoms with E-state index in [0.29, 0.717) is 17.3 Å². The molecular formula is C14H12N2OS. The minimum Gasteiger partial charge on any atom is -0.440 e. The molecule has 2 aromatic carbocycles. The SMILES string of the molecule is Nc1cccc2oc(CSc3ccccc3)nc12. The van der Waals surface area contributed by atoms with Crippen LogP contribution < -0.4 is 5.73 Å². The van der Waals surface area contributed by atoms with E-state index in [9.17, 15) is 0 Å². The minimum atomic E-state index is 0.659. The van der Waals surface area contributed by atoms with E-state index in [1.807, 2.05) is 36.4 Å². The summed E-state index contributed by atoms with van der Waals surface area (Å²) in [6, 6.07) is 15.8. The van der Waals surface area contributed by atoms with Crippen LogP contribution in [0.5, 0.6) is 0 Å². The highest BCUT2D eigenvalue weighted by Crippen LogP contribution is 2.26. The number of benzene rings is 2. The van der Waals surface area contributed by atoms with Gasteiger partial charge in [-0.3, -0.25) is 0 Å². The Kier molecular flexibility index (Phi) is 2.94. The van der Waals surface area contributed by atoms with Crippen LogP contribution in [0.15, 0.2) is 57.8 Å². The third-order valence-corrected chi connectivity index (χ3v) is 3.60. The van der Waals surface area contributed by atoms with Crippen molar-refractivity contribution >= 4 is 28.5 Å². The van der Waals surface area contributed by atoms with Gasteiger partial charge in [-0.1, -0.05) is 24.3 Å². The van der Waals surface area contributed by atoms with Gasteiger partial charge in [-0.25, -0.2) is 4.98 Å². The molecule has 2 N–H and O–H groups in total. The van der Waals surface area contributed by atoms with Gasteiger partial charge in [0.25, 0.3) is 0 Å². The summed E-state index contributed by atoms with van der Waals surface area (Å²) in [4.78, 5) is 5.62. The first-order valence-electron chi connectivity index (χ1n) is 5.65. The Balaban J connectivity index is 1.81. The van der Waals surface area contributed by atoms with Gasteiger partial charge in [-0.15, -0.1) is 11.8 Å². The number of nitrogens with zero attached hydrogens (tertiary/aromatic N) is 1. The molecule has 0 aliphatic rings. The molecule has 0 atom stereocenters. The van der Waals surface area contributed by atoms with Gasteiger partial charge in [0.1, 0.15) is 5.52 Å². The first-order chi connectivity index (χ1) is 8.83. The number of nitrogen functional groups attached to an aromatic ring is 1. The second-order valence-corrected chi connectivity index (χ2v) is 4.95. The molecule has 0 aliphatic carbocycles. The van der Waals surface area contributed by atoms with Crippen LogP contribution in [-0.4, -0.2) is 4.98 Å². The van der Waals surface area contributed by atoms with Crippen LogP contribution in [0.4, 0.5) is 5.69 Å². The van der Waals surface area contributed by atoms with E-state index in [1.165, 1.54) is 4.90 Å². The molecule has 18 heavy (non-hydrogen) atoms. The van der Waals surface area contributed by atoms with Crippen LogP contribution in [-0.2, 0) is 5.75 Å². The predicted octanol–water partition coefficient (Wildman–Crippen LogP) is 3.70. The standard InChI is InChI=1S/C14H12N2OS/c15-11-7-4-8-12-14(11)16-13(17-12)9-18-10-5-2-1-3-6-10/h1-8H,9,15H2. The molecule has 3 rings (SSSR count). The average Bonchev–Trinajstić information content (AvgIpc) is 2.82. The molecule has 0 saturated carbocycles. The van der Waals surface area contributed by atoms with E-state index in [2.05, 4.69) is 17.1 Å². The Labute approximate surface area is 109 Å². The zero-order valence-corrected chi connectivity index (χ0v) is 10.5. The van der Waals surface area contributed by atoms with Crippen LogP contribution in [0.25, 0.3) is 11.1 Å². The quantitative estimate of drug-likeness (QED) is 0.573. The molecule has 3 nitrogen and oxygen atoms in total. The fourth-order valence-electron chi connectivity index (χ4n) is 1.74. The summed E-state index contributed by atoms with van der Waals surface area (Å²) in [6.45, 7) is 0. The summed E-state index contributed by atoms with van der Waals surface area (Å²) >= 11 is 1.70. The van der Waals surface area contributed by atoms with Crippen molar-refractivity contribution in [2.45, 2.75) is 10.6 Å². The Morgan fingerprint density at radius 2 is 1.89 bits per heavy atom. The van der Waals surface area contributed by atoms with Gasteiger partial charge in [-0.2, -0.15) is 0 Å². The van der Waals surface area contributed by atoms with Crippen LogP contribution in [0.2, 0.25) is 0 Å². The molecular weight excluding hydrogens is 244 g/mol. The molecule has 0 aliphatic heterocycles. The van der Waals surface area contributed by atoms with Crippen molar-refractivity contribution < 1.29 is 4.42 Å². The predicted molar refractivity (Wildman–Crippen MR) is 74.4 cm³/mol. The molecule has 1 aromatic heterocycles. The third-order valence-electron chi connectivity index (χ3n) is 2.60. The minimum absolute atomic E-state index is 0.659. The third kappa shape index (κ3) is 2.19. The van der Waals surface area contributed by atoms with Crippen molar-refractivity contribution in [3.8, 4) is 0 Å². The first-order valence-corrected chi connectivity index (χ1v) is 6.63. The molecule has 0 radical (unpaired) electrons. The van der Waals surface area contributed by atoms with Crippen molar-refractivity contribution in [2.75, 3.05) is 5.73 Å². The van der Waals surface area contributed by atoms with Crippen LogP contribution in [0, 0.1) is 0 Å². The van der Waals surface area contributed by atoms with Crippen LogP contribution in [0.1, 0.15) is 5.89 Å². The first kappa shape index (κ1) is 11.2. The summed E-state index contributed by atoms with van der Waals surface area (Å²) in [5.74, 6) is 1.41. The number of rotatable bonds is 3. The van der Waals surface area contributed by atoms with Gasteiger partial charge in [0, 0.05) is 4.90 Å². The second-order valence-electron chi connectivity index (χ2n) is 3.90. The maximum Gasteiger partial charge on any atom is 0.205 e. The van der Waals surface area contributed by atoms with Crippen molar-refractivity contribution in [3.63, 3.8) is 0 Å². The summed E-state index contributed by atoms with van der Waals surface area (Å²) in [6.07, 6.45) is 0. The molecule has 3 aromatic rings. The fraction of sp³-hybridized carbons (Fsp3) is 0.0714. The lowest BCUT2D eigenvalue weighted by atomic mass is 10.3. The number of oxazole rings is 1. The van der Waals surface area contributed by atoms with E-state index < -0.39 is 0 Å². The van der Waals surface area contributed by atoms with Gasteiger partial charge in [0.2, 0.25) is 5.89 Å². The Bertz CT molecular complexity index is 664. The molecule has 0 amide bonds. The number of aromatic nitrogens is 1. The average molecular weight is 256 g/mol. The van der Waals surface area contributed by atoms with Crippen molar-refractivity contribution in [3.05, 3.63) is 54.4 Å². The summed E-state index contributed by atoms with van der Waals surface area (Å²) in [5.41, 5.74) is 8.01. The highest BCUT2D eigenvalue weighted by atomic mass is 32.2. The molecule has 0 saturated heterocycles. The van der Waals surface area contributed by atoms with Crippen LogP contribution >= 0.6 is 11.8 Å². The van der Waals surface area contributed by atoms with Gasteiger partial charge < -0.3 is 10.2 Å². The number of thioether (sulfide) groups is 1. The monoisotopic (exact) mass is 256 g/mol. The molecule has 0 fully saturated rings. The van der Waals surface area contributed by atoms with Gasteiger partial charge in [0.05, 0.1) is 11.4 Å². The van der Waals surface area contributed by atoms with E-state index in [1.54, 1.807) is 11.8 Å². The Hall–Kier alpha value is -1.94. The second kappa shape index (κ2) is 4.74. The molecule has 4 heteroatoms. The molecule has 90 valence electrons. The summed E-state index contributed by atoms with van der Waals surface area (Å²) in [5, 5.41) is 0. The normalized spacial score (nSPS) is 10.9. The van der Waals surface area contributed by atoms with E-state index >= 15 is 0 Å². The number of nitrogens with two attached hydrogens (primary N) is 1. The topological polar surface area (TPSA) is 52.0 Å². The highest BCUT2D eigenvalue weighted by Gasteiger charge is 2.08. The molecule has 0 unspecified atom stereocenters.